The van der Waals surface area contributed by atoms with Gasteiger partial charge in [0.1, 0.15) is 12.4 Å². The molecule has 2 aromatic carbocycles. The number of hydroxylamine groups is 1. The third-order valence-electron chi connectivity index (χ3n) is 4.97. The molecule has 0 bridgehead atoms. The maximum Gasteiger partial charge on any atom is 0.267 e. The summed E-state index contributed by atoms with van der Waals surface area (Å²) in [6.45, 7) is 2.00. The lowest BCUT2D eigenvalue weighted by Gasteiger charge is -2.29. The van der Waals surface area contributed by atoms with E-state index in [9.17, 15) is 9.90 Å². The molecule has 3 N–H and O–H groups in total. The van der Waals surface area contributed by atoms with Crippen LogP contribution in [0.3, 0.4) is 0 Å². The summed E-state index contributed by atoms with van der Waals surface area (Å²) in [7, 11) is 0. The fourth-order valence-corrected chi connectivity index (χ4v) is 3.66. The van der Waals surface area contributed by atoms with Gasteiger partial charge in [0.25, 0.3) is 5.91 Å². The summed E-state index contributed by atoms with van der Waals surface area (Å²) in [5, 5.41) is 18.1. The largest absolute Gasteiger partial charge is 0.492 e. The van der Waals surface area contributed by atoms with Crippen molar-refractivity contribution in [3.8, 4) is 5.75 Å². The van der Waals surface area contributed by atoms with Crippen LogP contribution in [0.5, 0.6) is 5.75 Å². The van der Waals surface area contributed by atoms with Gasteiger partial charge in [0.05, 0.1) is 6.61 Å². The summed E-state index contributed by atoms with van der Waals surface area (Å²) in [5.74, 6) is 0.299. The standard InChI is InChI=1S/C22H26N2O4/c25-14-12-24(13-15-28-19-4-2-1-3-5-19)21-10-8-18-16-17(6-9-20(18)21)7-11-22(26)23-27/h1-7,9,11,16,21,25,27H,8,10,12-15H2,(H,23,26)/b11-7+. The van der Waals surface area contributed by atoms with Gasteiger partial charge in [0.2, 0.25) is 0 Å². The van der Waals surface area contributed by atoms with Crippen LogP contribution >= 0.6 is 0 Å². The topological polar surface area (TPSA) is 82.0 Å². The third-order valence-corrected chi connectivity index (χ3v) is 4.97. The van der Waals surface area contributed by atoms with Crippen molar-refractivity contribution in [2.45, 2.75) is 18.9 Å². The molecule has 1 unspecified atom stereocenters. The molecule has 0 spiro atoms. The Balaban J connectivity index is 1.65. The third kappa shape index (κ3) is 5.19. The number of aliphatic hydroxyl groups excluding tert-OH is 1. The van der Waals surface area contributed by atoms with Gasteiger partial charge in [-0.05, 0) is 47.7 Å². The number of nitrogens with zero attached hydrogens (tertiary/aromatic N) is 1. The number of benzene rings is 2. The van der Waals surface area contributed by atoms with Gasteiger partial charge in [-0.15, -0.1) is 0 Å². The Morgan fingerprint density at radius 3 is 2.79 bits per heavy atom. The summed E-state index contributed by atoms with van der Waals surface area (Å²) in [6.07, 6.45) is 4.92. The average Bonchev–Trinajstić information content (AvgIpc) is 3.15. The number of carbonyl (C=O) groups excluding carboxylic acids is 1. The molecule has 0 radical (unpaired) electrons. The molecule has 1 aliphatic carbocycles. The average molecular weight is 382 g/mol. The molecule has 0 saturated carbocycles. The summed E-state index contributed by atoms with van der Waals surface area (Å²) >= 11 is 0. The smallest absolute Gasteiger partial charge is 0.267 e. The first-order valence-electron chi connectivity index (χ1n) is 9.49. The number of hydrogen-bond donors (Lipinski definition) is 3. The van der Waals surface area contributed by atoms with Gasteiger partial charge in [-0.1, -0.05) is 36.4 Å². The summed E-state index contributed by atoms with van der Waals surface area (Å²) in [5.41, 5.74) is 5.02. The molecule has 1 amide bonds. The highest BCUT2D eigenvalue weighted by Crippen LogP contribution is 2.36. The molecule has 0 heterocycles. The first kappa shape index (κ1) is 20.1. The maximum atomic E-state index is 11.1. The van der Waals surface area contributed by atoms with E-state index in [1.54, 1.807) is 11.6 Å². The molecule has 1 aliphatic rings. The van der Waals surface area contributed by atoms with Crippen LogP contribution in [-0.2, 0) is 11.2 Å². The number of amides is 1. The molecule has 2 aromatic rings. The van der Waals surface area contributed by atoms with Gasteiger partial charge < -0.3 is 9.84 Å². The molecule has 28 heavy (non-hydrogen) atoms. The normalized spacial score (nSPS) is 15.8. The molecule has 0 saturated heterocycles. The van der Waals surface area contributed by atoms with E-state index in [1.807, 2.05) is 36.4 Å². The second-order valence-corrected chi connectivity index (χ2v) is 6.74. The number of hydrogen-bond acceptors (Lipinski definition) is 5. The van der Waals surface area contributed by atoms with Gasteiger partial charge in [0, 0.05) is 25.2 Å². The zero-order valence-corrected chi connectivity index (χ0v) is 15.8. The monoisotopic (exact) mass is 382 g/mol. The van der Waals surface area contributed by atoms with Crippen molar-refractivity contribution in [1.82, 2.24) is 10.4 Å². The van der Waals surface area contributed by atoms with E-state index in [1.165, 1.54) is 17.2 Å². The maximum absolute atomic E-state index is 11.1. The van der Waals surface area contributed by atoms with Crippen LogP contribution in [0.1, 0.15) is 29.2 Å². The van der Waals surface area contributed by atoms with Crippen LogP contribution in [0, 0.1) is 0 Å². The predicted octanol–water partition coefficient (Wildman–Crippen LogP) is 2.57. The van der Waals surface area contributed by atoms with Crippen molar-refractivity contribution in [2.24, 2.45) is 0 Å². The molecule has 6 heteroatoms. The molecular weight excluding hydrogens is 356 g/mol. The predicted molar refractivity (Wildman–Crippen MR) is 107 cm³/mol. The quantitative estimate of drug-likeness (QED) is 0.353. The fraction of sp³-hybridized carbons (Fsp3) is 0.318. The van der Waals surface area contributed by atoms with E-state index in [4.69, 9.17) is 9.94 Å². The molecule has 0 aliphatic heterocycles. The first-order valence-corrected chi connectivity index (χ1v) is 9.49. The lowest BCUT2D eigenvalue weighted by atomic mass is 10.0. The van der Waals surface area contributed by atoms with E-state index in [0.717, 1.165) is 30.7 Å². The minimum atomic E-state index is -0.550. The Labute approximate surface area is 165 Å². The van der Waals surface area contributed by atoms with Crippen LogP contribution in [-0.4, -0.2) is 47.4 Å². The van der Waals surface area contributed by atoms with Crippen LogP contribution in [0.4, 0.5) is 0 Å². The molecule has 0 fully saturated rings. The Hall–Kier alpha value is -2.67. The lowest BCUT2D eigenvalue weighted by Crippen LogP contribution is -2.34. The molecule has 3 rings (SSSR count). The fourth-order valence-electron chi connectivity index (χ4n) is 3.66. The van der Waals surface area contributed by atoms with Crippen molar-refractivity contribution in [2.75, 3.05) is 26.3 Å². The minimum absolute atomic E-state index is 0.105. The van der Waals surface area contributed by atoms with Crippen molar-refractivity contribution < 1.29 is 19.8 Å². The van der Waals surface area contributed by atoms with Crippen molar-refractivity contribution >= 4 is 12.0 Å². The van der Waals surface area contributed by atoms with Crippen molar-refractivity contribution in [3.63, 3.8) is 0 Å². The second kappa shape index (κ2) is 10.0. The van der Waals surface area contributed by atoms with Crippen LogP contribution < -0.4 is 10.2 Å². The summed E-state index contributed by atoms with van der Waals surface area (Å²) in [6, 6.07) is 16.1. The van der Waals surface area contributed by atoms with Crippen LogP contribution in [0.25, 0.3) is 6.08 Å². The van der Waals surface area contributed by atoms with Crippen LogP contribution in [0.15, 0.2) is 54.6 Å². The molecule has 0 aromatic heterocycles. The highest BCUT2D eigenvalue weighted by molar-refractivity contribution is 5.90. The van der Waals surface area contributed by atoms with Gasteiger partial charge in [-0.2, -0.15) is 0 Å². The van der Waals surface area contributed by atoms with E-state index in [0.29, 0.717) is 13.2 Å². The van der Waals surface area contributed by atoms with Crippen LogP contribution in [0.2, 0.25) is 0 Å². The zero-order valence-electron chi connectivity index (χ0n) is 15.8. The number of nitrogens with one attached hydrogen (secondary N) is 1. The summed E-state index contributed by atoms with van der Waals surface area (Å²) in [4.78, 5) is 13.4. The number of fused-ring (bicyclic) bond motifs is 1. The van der Waals surface area contributed by atoms with E-state index < -0.39 is 5.91 Å². The lowest BCUT2D eigenvalue weighted by molar-refractivity contribution is -0.124. The minimum Gasteiger partial charge on any atom is -0.492 e. The van der Waals surface area contributed by atoms with E-state index in [2.05, 4.69) is 17.0 Å². The Kier molecular flexibility index (Phi) is 7.19. The molecular formula is C22H26N2O4. The second-order valence-electron chi connectivity index (χ2n) is 6.74. The van der Waals surface area contributed by atoms with E-state index in [-0.39, 0.29) is 12.6 Å². The number of ether oxygens (including phenoxy) is 1. The number of aliphatic hydroxyl groups is 1. The van der Waals surface area contributed by atoms with Gasteiger partial charge >= 0.3 is 0 Å². The highest BCUT2D eigenvalue weighted by Gasteiger charge is 2.27. The zero-order chi connectivity index (χ0) is 19.8. The number of rotatable bonds is 9. The van der Waals surface area contributed by atoms with Gasteiger partial charge in [-0.3, -0.25) is 14.9 Å². The number of carbonyl (C=O) groups is 1. The van der Waals surface area contributed by atoms with Crippen molar-refractivity contribution in [3.05, 3.63) is 71.3 Å². The number of aryl methyl sites for hydroxylation is 1. The highest BCUT2D eigenvalue weighted by atomic mass is 16.5. The molecule has 148 valence electrons. The number of para-hydroxylation sites is 1. The van der Waals surface area contributed by atoms with Crippen molar-refractivity contribution in [1.29, 1.82) is 0 Å². The van der Waals surface area contributed by atoms with Gasteiger partial charge in [-0.25, -0.2) is 5.48 Å². The molecule has 6 nitrogen and oxygen atoms in total. The summed E-state index contributed by atoms with van der Waals surface area (Å²) < 4.78 is 5.82. The molecule has 1 atom stereocenters. The Bertz CT molecular complexity index is 807. The Morgan fingerprint density at radius 1 is 1.21 bits per heavy atom. The SMILES string of the molecule is O=C(/C=C/c1ccc2c(c1)CCC2N(CCO)CCOc1ccccc1)NO. The van der Waals surface area contributed by atoms with Gasteiger partial charge in [0.15, 0.2) is 0 Å². The Morgan fingerprint density at radius 2 is 2.04 bits per heavy atom. The first-order chi connectivity index (χ1) is 13.7. The van der Waals surface area contributed by atoms with E-state index >= 15 is 0 Å².